The van der Waals surface area contributed by atoms with Crippen molar-refractivity contribution in [2.45, 2.75) is 26.8 Å². The molecule has 2 rings (SSSR count). The molecule has 5 nitrogen and oxygen atoms in total. The Morgan fingerprint density at radius 3 is 2.59 bits per heavy atom. The van der Waals surface area contributed by atoms with Gasteiger partial charge in [0.15, 0.2) is 0 Å². The molecule has 2 aromatic heterocycles. The van der Waals surface area contributed by atoms with Gasteiger partial charge < -0.3 is 5.73 Å². The van der Waals surface area contributed by atoms with Crippen molar-refractivity contribution in [2.24, 2.45) is 5.73 Å². The van der Waals surface area contributed by atoms with E-state index in [-0.39, 0.29) is 0 Å². The van der Waals surface area contributed by atoms with Gasteiger partial charge in [-0.1, -0.05) is 0 Å². The van der Waals surface area contributed by atoms with E-state index in [2.05, 4.69) is 22.0 Å². The highest BCUT2D eigenvalue weighted by atomic mass is 15.3. The molecule has 0 saturated heterocycles. The van der Waals surface area contributed by atoms with Crippen LogP contribution in [0.4, 0.5) is 0 Å². The Balaban J connectivity index is 2.25. The molecular formula is C12H17N5. The van der Waals surface area contributed by atoms with E-state index in [1.165, 1.54) is 5.56 Å². The second-order valence-electron chi connectivity index (χ2n) is 4.01. The summed E-state index contributed by atoms with van der Waals surface area (Å²) < 4.78 is 1.94. The minimum atomic E-state index is 0.609. The molecule has 0 aliphatic carbocycles. The zero-order valence-corrected chi connectivity index (χ0v) is 10.2. The van der Waals surface area contributed by atoms with E-state index in [0.29, 0.717) is 13.1 Å². The standard InChI is InChI=1S/C12H17N5/c1-9-11(4-5-13)10(2)17(16-9)8-12-14-6-3-7-15-12/h3,6-7H,4-5,8,13H2,1-2H3. The lowest BCUT2D eigenvalue weighted by molar-refractivity contribution is 0.630. The number of nitrogens with zero attached hydrogens (tertiary/aromatic N) is 4. The van der Waals surface area contributed by atoms with Crippen molar-refractivity contribution in [1.82, 2.24) is 19.7 Å². The minimum absolute atomic E-state index is 0.609. The number of aromatic nitrogens is 4. The second-order valence-corrected chi connectivity index (χ2v) is 4.01. The first-order chi connectivity index (χ1) is 8.22. The molecular weight excluding hydrogens is 214 g/mol. The zero-order valence-electron chi connectivity index (χ0n) is 10.2. The maximum absolute atomic E-state index is 5.60. The van der Waals surface area contributed by atoms with Crippen LogP contribution in [0.3, 0.4) is 0 Å². The lowest BCUT2D eigenvalue weighted by Gasteiger charge is -2.03. The highest BCUT2D eigenvalue weighted by Crippen LogP contribution is 2.13. The molecule has 0 aliphatic heterocycles. The first-order valence-electron chi connectivity index (χ1n) is 5.71. The molecule has 5 heteroatoms. The van der Waals surface area contributed by atoms with Crippen molar-refractivity contribution in [1.29, 1.82) is 0 Å². The van der Waals surface area contributed by atoms with Gasteiger partial charge in [-0.15, -0.1) is 0 Å². The van der Waals surface area contributed by atoms with Gasteiger partial charge in [0.05, 0.1) is 5.69 Å². The van der Waals surface area contributed by atoms with E-state index >= 15 is 0 Å². The summed E-state index contributed by atoms with van der Waals surface area (Å²) in [4.78, 5) is 8.41. The van der Waals surface area contributed by atoms with Crippen LogP contribution in [0.2, 0.25) is 0 Å². The van der Waals surface area contributed by atoms with Crippen molar-refractivity contribution >= 4 is 0 Å². The third-order valence-corrected chi connectivity index (χ3v) is 2.84. The molecule has 0 saturated carbocycles. The van der Waals surface area contributed by atoms with Gasteiger partial charge in [0.1, 0.15) is 12.4 Å². The van der Waals surface area contributed by atoms with E-state index in [1.54, 1.807) is 12.4 Å². The maximum atomic E-state index is 5.60. The van der Waals surface area contributed by atoms with Gasteiger partial charge in [0.2, 0.25) is 0 Å². The normalized spacial score (nSPS) is 10.8. The lowest BCUT2D eigenvalue weighted by atomic mass is 10.1. The monoisotopic (exact) mass is 231 g/mol. The van der Waals surface area contributed by atoms with Crippen LogP contribution in [0.5, 0.6) is 0 Å². The Labute approximate surface area is 101 Å². The minimum Gasteiger partial charge on any atom is -0.330 e. The van der Waals surface area contributed by atoms with Gasteiger partial charge in [-0.3, -0.25) is 4.68 Å². The molecule has 2 aromatic rings. The third kappa shape index (κ3) is 2.50. The SMILES string of the molecule is Cc1nn(Cc2ncccn2)c(C)c1CCN. The number of rotatable bonds is 4. The Bertz CT molecular complexity index is 489. The lowest BCUT2D eigenvalue weighted by Crippen LogP contribution is -2.08. The maximum Gasteiger partial charge on any atom is 0.149 e. The van der Waals surface area contributed by atoms with Crippen LogP contribution >= 0.6 is 0 Å². The van der Waals surface area contributed by atoms with Crippen molar-refractivity contribution in [2.75, 3.05) is 6.54 Å². The molecule has 0 aliphatic rings. The van der Waals surface area contributed by atoms with E-state index in [9.17, 15) is 0 Å². The third-order valence-electron chi connectivity index (χ3n) is 2.84. The predicted molar refractivity (Wildman–Crippen MR) is 65.6 cm³/mol. The van der Waals surface area contributed by atoms with Crippen molar-refractivity contribution in [3.63, 3.8) is 0 Å². The summed E-state index contributed by atoms with van der Waals surface area (Å²) in [5, 5.41) is 4.51. The molecule has 90 valence electrons. The molecule has 0 aromatic carbocycles. The van der Waals surface area contributed by atoms with Crippen LogP contribution in [0.1, 0.15) is 22.8 Å². The molecule has 0 fully saturated rings. The van der Waals surface area contributed by atoms with Gasteiger partial charge in [-0.05, 0) is 38.4 Å². The average molecular weight is 231 g/mol. The fourth-order valence-corrected chi connectivity index (χ4v) is 1.94. The molecule has 0 bridgehead atoms. The molecule has 0 unspecified atom stereocenters. The Hall–Kier alpha value is -1.75. The fourth-order valence-electron chi connectivity index (χ4n) is 1.94. The topological polar surface area (TPSA) is 69.6 Å². The van der Waals surface area contributed by atoms with Crippen molar-refractivity contribution in [3.05, 3.63) is 41.2 Å². The number of hydrogen-bond donors (Lipinski definition) is 1. The molecule has 0 radical (unpaired) electrons. The van der Waals surface area contributed by atoms with E-state index in [0.717, 1.165) is 23.6 Å². The molecule has 0 amide bonds. The molecule has 2 heterocycles. The molecule has 17 heavy (non-hydrogen) atoms. The van der Waals surface area contributed by atoms with Gasteiger partial charge >= 0.3 is 0 Å². The van der Waals surface area contributed by atoms with E-state index < -0.39 is 0 Å². The van der Waals surface area contributed by atoms with Crippen LogP contribution in [0.15, 0.2) is 18.5 Å². The predicted octanol–water partition coefficient (Wildman–Crippen LogP) is 0.839. The van der Waals surface area contributed by atoms with Gasteiger partial charge in [0.25, 0.3) is 0 Å². The smallest absolute Gasteiger partial charge is 0.149 e. The van der Waals surface area contributed by atoms with Gasteiger partial charge in [-0.2, -0.15) is 5.10 Å². The highest BCUT2D eigenvalue weighted by Gasteiger charge is 2.11. The summed E-state index contributed by atoms with van der Waals surface area (Å²) in [7, 11) is 0. The van der Waals surface area contributed by atoms with Crippen molar-refractivity contribution < 1.29 is 0 Å². The largest absolute Gasteiger partial charge is 0.330 e. The van der Waals surface area contributed by atoms with Gasteiger partial charge in [0, 0.05) is 18.1 Å². The quantitative estimate of drug-likeness (QED) is 0.846. The van der Waals surface area contributed by atoms with Crippen LogP contribution in [0.25, 0.3) is 0 Å². The first kappa shape index (κ1) is 11.7. The van der Waals surface area contributed by atoms with Crippen LogP contribution in [0, 0.1) is 13.8 Å². The average Bonchev–Trinajstić information content (AvgIpc) is 2.59. The highest BCUT2D eigenvalue weighted by molar-refractivity contribution is 5.25. The molecule has 0 spiro atoms. The van der Waals surface area contributed by atoms with Gasteiger partial charge in [-0.25, -0.2) is 9.97 Å². The fraction of sp³-hybridized carbons (Fsp3) is 0.417. The summed E-state index contributed by atoms with van der Waals surface area (Å²) in [6.45, 7) is 5.33. The number of aryl methyl sites for hydroxylation is 1. The summed E-state index contributed by atoms with van der Waals surface area (Å²) in [5.41, 5.74) is 9.04. The number of hydrogen-bond acceptors (Lipinski definition) is 4. The van der Waals surface area contributed by atoms with Crippen molar-refractivity contribution in [3.8, 4) is 0 Å². The molecule has 2 N–H and O–H groups in total. The Kier molecular flexibility index (Phi) is 3.49. The van der Waals surface area contributed by atoms with Crippen LogP contribution in [-0.2, 0) is 13.0 Å². The second kappa shape index (κ2) is 5.05. The number of nitrogens with two attached hydrogens (primary N) is 1. The first-order valence-corrected chi connectivity index (χ1v) is 5.71. The van der Waals surface area contributed by atoms with Crippen LogP contribution in [-0.4, -0.2) is 26.3 Å². The summed E-state index contributed by atoms with van der Waals surface area (Å²) in [6.07, 6.45) is 4.36. The summed E-state index contributed by atoms with van der Waals surface area (Å²) >= 11 is 0. The zero-order chi connectivity index (χ0) is 12.3. The van der Waals surface area contributed by atoms with E-state index in [4.69, 9.17) is 5.73 Å². The van der Waals surface area contributed by atoms with Crippen LogP contribution < -0.4 is 5.73 Å². The Morgan fingerprint density at radius 2 is 1.94 bits per heavy atom. The molecule has 0 atom stereocenters. The summed E-state index contributed by atoms with van der Waals surface area (Å²) in [5.74, 6) is 0.775. The van der Waals surface area contributed by atoms with E-state index in [1.807, 2.05) is 17.7 Å². The summed E-state index contributed by atoms with van der Waals surface area (Å²) in [6, 6.07) is 1.81. The Morgan fingerprint density at radius 1 is 1.24 bits per heavy atom.